The SMILES string of the molecule is O=C(C1=C(O)C(=O)N(c2nc3ccc(Cl)cc3s2)C1c1ccc(F)cc1)C1CC1. The van der Waals surface area contributed by atoms with E-state index in [1.807, 2.05) is 0 Å². The highest BCUT2D eigenvalue weighted by Gasteiger charge is 2.48. The topological polar surface area (TPSA) is 70.5 Å². The van der Waals surface area contributed by atoms with Gasteiger partial charge in [0.25, 0.3) is 5.91 Å². The third kappa shape index (κ3) is 3.01. The maximum atomic E-state index is 13.5. The fourth-order valence-corrected chi connectivity index (χ4v) is 4.84. The lowest BCUT2D eigenvalue weighted by Crippen LogP contribution is -2.31. The molecule has 1 atom stereocenters. The quantitative estimate of drug-likeness (QED) is 0.637. The molecule has 1 amide bonds. The van der Waals surface area contributed by atoms with Crippen LogP contribution in [-0.4, -0.2) is 21.8 Å². The summed E-state index contributed by atoms with van der Waals surface area (Å²) in [6, 6.07) is 9.91. The number of carbonyl (C=O) groups excluding carboxylic acids is 2. The Bertz CT molecular complexity index is 1200. The summed E-state index contributed by atoms with van der Waals surface area (Å²) in [5, 5.41) is 11.5. The smallest absolute Gasteiger partial charge is 0.296 e. The number of aliphatic hydroxyl groups is 1. The second-order valence-electron chi connectivity index (χ2n) is 7.14. The zero-order valence-electron chi connectivity index (χ0n) is 14.9. The van der Waals surface area contributed by atoms with Gasteiger partial charge in [0.2, 0.25) is 0 Å². The van der Waals surface area contributed by atoms with Gasteiger partial charge in [-0.15, -0.1) is 0 Å². The van der Waals surface area contributed by atoms with Crippen LogP contribution in [0.5, 0.6) is 0 Å². The number of aromatic nitrogens is 1. The Morgan fingerprint density at radius 2 is 1.93 bits per heavy atom. The molecular formula is C21H14ClFN2O3S. The highest BCUT2D eigenvalue weighted by Crippen LogP contribution is 2.46. The van der Waals surface area contributed by atoms with Crippen LogP contribution in [0.3, 0.4) is 0 Å². The number of halogens is 2. The second-order valence-corrected chi connectivity index (χ2v) is 8.58. The first-order valence-electron chi connectivity index (χ1n) is 9.06. The first kappa shape index (κ1) is 18.3. The maximum absolute atomic E-state index is 13.5. The molecule has 2 aliphatic rings. The predicted molar refractivity (Wildman–Crippen MR) is 109 cm³/mol. The first-order chi connectivity index (χ1) is 13.9. The Morgan fingerprint density at radius 1 is 1.21 bits per heavy atom. The zero-order valence-corrected chi connectivity index (χ0v) is 16.5. The van der Waals surface area contributed by atoms with E-state index in [2.05, 4.69) is 4.98 Å². The number of fused-ring (bicyclic) bond motifs is 1. The van der Waals surface area contributed by atoms with E-state index in [4.69, 9.17) is 11.6 Å². The first-order valence-corrected chi connectivity index (χ1v) is 10.3. The van der Waals surface area contributed by atoms with Crippen LogP contribution in [0.1, 0.15) is 24.4 Å². The molecule has 146 valence electrons. The number of hydrogen-bond donors (Lipinski definition) is 1. The molecule has 1 aliphatic heterocycles. The number of thiazole rings is 1. The van der Waals surface area contributed by atoms with Gasteiger partial charge in [0.15, 0.2) is 16.7 Å². The standard InChI is InChI=1S/C21H14ClFN2O3S/c22-12-5-8-14-15(9-12)29-21(24-14)25-17(10-3-6-13(23)7-4-10)16(19(27)20(25)28)18(26)11-1-2-11/h3-9,11,17,27H,1-2H2. The normalized spacial score (nSPS) is 19.4. The van der Waals surface area contributed by atoms with Crippen LogP contribution < -0.4 is 4.90 Å². The van der Waals surface area contributed by atoms with Crippen LogP contribution in [0.4, 0.5) is 9.52 Å². The number of Topliss-reactive ketones (excluding diaryl/α,β-unsaturated/α-hetero) is 1. The van der Waals surface area contributed by atoms with Crippen molar-refractivity contribution >= 4 is 50.0 Å². The number of carbonyl (C=O) groups is 2. The number of anilines is 1. The van der Waals surface area contributed by atoms with Crippen molar-refractivity contribution in [3.8, 4) is 0 Å². The summed E-state index contributed by atoms with van der Waals surface area (Å²) in [7, 11) is 0. The summed E-state index contributed by atoms with van der Waals surface area (Å²) in [5.74, 6) is -2.10. The molecule has 2 heterocycles. The van der Waals surface area contributed by atoms with Crippen molar-refractivity contribution in [2.45, 2.75) is 18.9 Å². The van der Waals surface area contributed by atoms with Crippen molar-refractivity contribution in [2.24, 2.45) is 5.92 Å². The molecule has 0 radical (unpaired) electrons. The van der Waals surface area contributed by atoms with Gasteiger partial charge in [-0.25, -0.2) is 9.37 Å². The van der Waals surface area contributed by atoms with Crippen molar-refractivity contribution < 1.29 is 19.1 Å². The molecule has 0 bridgehead atoms. The third-order valence-electron chi connectivity index (χ3n) is 5.15. The summed E-state index contributed by atoms with van der Waals surface area (Å²) in [6.45, 7) is 0. The van der Waals surface area contributed by atoms with Crippen LogP contribution in [0, 0.1) is 11.7 Å². The van der Waals surface area contributed by atoms with E-state index in [1.165, 1.54) is 40.5 Å². The van der Waals surface area contributed by atoms with Gasteiger partial charge in [-0.05, 0) is 48.7 Å². The van der Waals surface area contributed by atoms with Crippen molar-refractivity contribution in [1.82, 2.24) is 4.98 Å². The molecule has 1 aliphatic carbocycles. The van der Waals surface area contributed by atoms with Crippen molar-refractivity contribution in [1.29, 1.82) is 0 Å². The van der Waals surface area contributed by atoms with Crippen molar-refractivity contribution in [3.63, 3.8) is 0 Å². The monoisotopic (exact) mass is 428 g/mol. The van der Waals surface area contributed by atoms with Gasteiger partial charge in [-0.1, -0.05) is 35.1 Å². The zero-order chi connectivity index (χ0) is 20.3. The lowest BCUT2D eigenvalue weighted by atomic mass is 9.94. The Morgan fingerprint density at radius 3 is 2.62 bits per heavy atom. The van der Waals surface area contributed by atoms with Crippen LogP contribution in [0.25, 0.3) is 10.2 Å². The van der Waals surface area contributed by atoms with E-state index in [0.29, 0.717) is 21.2 Å². The van der Waals surface area contributed by atoms with Crippen LogP contribution in [0.15, 0.2) is 53.8 Å². The van der Waals surface area contributed by atoms with E-state index in [0.717, 1.165) is 17.5 Å². The van der Waals surface area contributed by atoms with Gasteiger partial charge in [-0.3, -0.25) is 14.5 Å². The summed E-state index contributed by atoms with van der Waals surface area (Å²) >= 11 is 7.30. The molecule has 5 rings (SSSR count). The average molecular weight is 429 g/mol. The summed E-state index contributed by atoms with van der Waals surface area (Å²) in [4.78, 5) is 31.7. The molecule has 2 aromatic carbocycles. The maximum Gasteiger partial charge on any atom is 0.296 e. The summed E-state index contributed by atoms with van der Waals surface area (Å²) in [6.07, 6.45) is 1.47. The number of hydrogen-bond acceptors (Lipinski definition) is 5. The average Bonchev–Trinajstić information content (AvgIpc) is 3.42. The minimum Gasteiger partial charge on any atom is -0.503 e. The summed E-state index contributed by atoms with van der Waals surface area (Å²) < 4.78 is 14.3. The van der Waals surface area contributed by atoms with Gasteiger partial charge >= 0.3 is 0 Å². The summed E-state index contributed by atoms with van der Waals surface area (Å²) in [5.41, 5.74) is 1.24. The van der Waals surface area contributed by atoms with Crippen LogP contribution >= 0.6 is 22.9 Å². The molecule has 5 nitrogen and oxygen atoms in total. The molecule has 0 saturated heterocycles. The molecule has 29 heavy (non-hydrogen) atoms. The van der Waals surface area contributed by atoms with Gasteiger partial charge in [-0.2, -0.15) is 0 Å². The van der Waals surface area contributed by atoms with Gasteiger partial charge in [0.1, 0.15) is 5.82 Å². The number of rotatable bonds is 4. The number of ketones is 1. The van der Waals surface area contributed by atoms with Crippen molar-refractivity contribution in [2.75, 3.05) is 4.90 Å². The number of aliphatic hydroxyl groups excluding tert-OH is 1. The highest BCUT2D eigenvalue weighted by molar-refractivity contribution is 7.22. The molecule has 3 aromatic rings. The van der Waals surface area contributed by atoms with E-state index in [9.17, 15) is 19.1 Å². The third-order valence-corrected chi connectivity index (χ3v) is 6.41. The Hall–Kier alpha value is -2.77. The molecule has 1 fully saturated rings. The van der Waals surface area contributed by atoms with Crippen molar-refractivity contribution in [3.05, 3.63) is 70.2 Å². The van der Waals surface area contributed by atoms with E-state index < -0.39 is 23.5 Å². The number of benzene rings is 2. The molecule has 1 N–H and O–H groups in total. The molecule has 0 spiro atoms. The minimum absolute atomic E-state index is 0.0568. The number of amides is 1. The lowest BCUT2D eigenvalue weighted by Gasteiger charge is -2.24. The van der Waals surface area contributed by atoms with Crippen LogP contribution in [-0.2, 0) is 9.59 Å². The fourth-order valence-electron chi connectivity index (χ4n) is 3.57. The van der Waals surface area contributed by atoms with Gasteiger partial charge in [0, 0.05) is 10.9 Å². The Kier molecular flexibility index (Phi) is 4.18. The Labute approximate surface area is 174 Å². The Balaban J connectivity index is 1.66. The van der Waals surface area contributed by atoms with Gasteiger partial charge < -0.3 is 5.11 Å². The molecule has 1 aromatic heterocycles. The van der Waals surface area contributed by atoms with Gasteiger partial charge in [0.05, 0.1) is 21.8 Å². The molecule has 8 heteroatoms. The fraction of sp³-hybridized carbons (Fsp3) is 0.190. The van der Waals surface area contributed by atoms with E-state index in [-0.39, 0.29) is 17.3 Å². The molecule has 1 saturated carbocycles. The predicted octanol–water partition coefficient (Wildman–Crippen LogP) is 4.97. The second kappa shape index (κ2) is 6.64. The van der Waals surface area contributed by atoms with Crippen LogP contribution in [0.2, 0.25) is 5.02 Å². The largest absolute Gasteiger partial charge is 0.503 e. The van der Waals surface area contributed by atoms with E-state index in [1.54, 1.807) is 18.2 Å². The highest BCUT2D eigenvalue weighted by atomic mass is 35.5. The lowest BCUT2D eigenvalue weighted by molar-refractivity contribution is -0.118. The number of nitrogens with zero attached hydrogens (tertiary/aromatic N) is 2. The van der Waals surface area contributed by atoms with E-state index >= 15 is 0 Å². The molecular weight excluding hydrogens is 415 g/mol. The minimum atomic E-state index is -0.854. The molecule has 1 unspecified atom stereocenters.